The number of fused-ring (bicyclic) bond motifs is 1. The Morgan fingerprint density at radius 3 is 2.66 bits per heavy atom. The van der Waals surface area contributed by atoms with E-state index in [1.165, 1.54) is 14.0 Å². The minimum absolute atomic E-state index is 0.0187. The van der Waals surface area contributed by atoms with E-state index in [4.69, 9.17) is 14.2 Å². The van der Waals surface area contributed by atoms with Crippen LogP contribution < -0.4 is 19.5 Å². The Morgan fingerprint density at radius 2 is 1.93 bits per heavy atom. The number of carbonyl (C=O) groups excluding carboxylic acids is 3. The molecule has 3 amide bonds. The van der Waals surface area contributed by atoms with Crippen molar-refractivity contribution in [1.29, 1.82) is 0 Å². The zero-order valence-corrected chi connectivity index (χ0v) is 16.3. The zero-order chi connectivity index (χ0) is 20.8. The summed E-state index contributed by atoms with van der Waals surface area (Å²) in [5.41, 5.74) is 0.390. The first kappa shape index (κ1) is 18.8. The summed E-state index contributed by atoms with van der Waals surface area (Å²) in [5, 5.41) is 2.77. The maximum Gasteiger partial charge on any atom is 0.325 e. The average Bonchev–Trinajstić information content (AvgIpc) is 3.26. The van der Waals surface area contributed by atoms with Gasteiger partial charge >= 0.3 is 6.03 Å². The number of nitrogens with one attached hydrogen (secondary N) is 1. The third-order valence-corrected chi connectivity index (χ3v) is 5.24. The first-order chi connectivity index (χ1) is 13.8. The Morgan fingerprint density at radius 1 is 1.17 bits per heavy atom. The van der Waals surface area contributed by atoms with Gasteiger partial charge in [-0.15, -0.1) is 0 Å². The summed E-state index contributed by atoms with van der Waals surface area (Å²) >= 11 is 0. The fourth-order valence-electron chi connectivity index (χ4n) is 3.54. The Kier molecular flexibility index (Phi) is 4.41. The van der Waals surface area contributed by atoms with Crippen LogP contribution in [0.1, 0.15) is 35.3 Å². The van der Waals surface area contributed by atoms with Crippen LogP contribution in [0.15, 0.2) is 36.4 Å². The van der Waals surface area contributed by atoms with Gasteiger partial charge in [0.25, 0.3) is 5.91 Å². The molecule has 1 atom stereocenters. The van der Waals surface area contributed by atoms with Crippen LogP contribution in [0, 0.1) is 0 Å². The summed E-state index contributed by atoms with van der Waals surface area (Å²) in [6.07, 6.45) is 0. The monoisotopic (exact) mass is 396 g/mol. The Labute approximate surface area is 167 Å². The maximum atomic E-state index is 13.2. The van der Waals surface area contributed by atoms with Crippen LogP contribution in [0.3, 0.4) is 0 Å². The summed E-state index contributed by atoms with van der Waals surface area (Å²) in [6.45, 7) is 3.20. The summed E-state index contributed by atoms with van der Waals surface area (Å²) < 4.78 is 16.0. The van der Waals surface area contributed by atoms with Crippen molar-refractivity contribution in [1.82, 2.24) is 10.2 Å². The number of ether oxygens (including phenoxy) is 3. The van der Waals surface area contributed by atoms with E-state index < -0.39 is 17.5 Å². The lowest BCUT2D eigenvalue weighted by atomic mass is 9.91. The minimum atomic E-state index is -1.25. The number of methoxy groups -OCH3 is 1. The molecule has 1 fully saturated rings. The number of urea groups is 1. The van der Waals surface area contributed by atoms with Gasteiger partial charge in [-0.25, -0.2) is 4.79 Å². The molecule has 0 unspecified atom stereocenters. The van der Waals surface area contributed by atoms with Crippen molar-refractivity contribution in [3.05, 3.63) is 53.1 Å². The number of rotatable bonds is 5. The highest BCUT2D eigenvalue weighted by molar-refractivity contribution is 6.07. The maximum absolute atomic E-state index is 13.2. The molecule has 150 valence electrons. The molecule has 2 aromatic carbocycles. The van der Waals surface area contributed by atoms with Crippen LogP contribution in [0.25, 0.3) is 0 Å². The highest BCUT2D eigenvalue weighted by atomic mass is 16.7. The number of hydrogen-bond donors (Lipinski definition) is 1. The largest absolute Gasteiger partial charge is 0.496 e. The number of hydrogen-bond acceptors (Lipinski definition) is 6. The molecule has 1 N–H and O–H groups in total. The third kappa shape index (κ3) is 3.06. The lowest BCUT2D eigenvalue weighted by Gasteiger charge is -2.23. The van der Waals surface area contributed by atoms with E-state index in [-0.39, 0.29) is 19.1 Å². The lowest BCUT2D eigenvalue weighted by molar-refractivity contribution is -0.131. The summed E-state index contributed by atoms with van der Waals surface area (Å²) in [7, 11) is 1.49. The van der Waals surface area contributed by atoms with Gasteiger partial charge < -0.3 is 19.5 Å². The molecule has 0 aromatic heterocycles. The first-order valence-corrected chi connectivity index (χ1v) is 9.05. The van der Waals surface area contributed by atoms with Gasteiger partial charge in [-0.05, 0) is 49.7 Å². The van der Waals surface area contributed by atoms with E-state index in [0.717, 1.165) is 4.90 Å². The number of carbonyl (C=O) groups is 3. The van der Waals surface area contributed by atoms with Gasteiger partial charge in [-0.3, -0.25) is 14.5 Å². The van der Waals surface area contributed by atoms with Crippen molar-refractivity contribution in [2.45, 2.75) is 25.9 Å². The lowest BCUT2D eigenvalue weighted by Crippen LogP contribution is -2.40. The van der Waals surface area contributed by atoms with Gasteiger partial charge in [0.2, 0.25) is 6.79 Å². The molecule has 0 saturated carbocycles. The third-order valence-electron chi connectivity index (χ3n) is 5.24. The molecule has 1 saturated heterocycles. The van der Waals surface area contributed by atoms with E-state index in [2.05, 4.69) is 5.32 Å². The van der Waals surface area contributed by atoms with Crippen LogP contribution in [-0.4, -0.2) is 36.5 Å². The summed E-state index contributed by atoms with van der Waals surface area (Å²) in [6, 6.07) is 9.55. The number of benzene rings is 2. The van der Waals surface area contributed by atoms with Crippen LogP contribution >= 0.6 is 0 Å². The number of Topliss-reactive ketones (excluding diaryl/α,β-unsaturated/α-hetero) is 1. The highest BCUT2D eigenvalue weighted by Crippen LogP contribution is 2.38. The van der Waals surface area contributed by atoms with E-state index in [1.807, 2.05) is 0 Å². The van der Waals surface area contributed by atoms with Gasteiger partial charge in [0, 0.05) is 11.1 Å². The molecular weight excluding hydrogens is 376 g/mol. The van der Waals surface area contributed by atoms with Crippen LogP contribution in [-0.2, 0) is 16.9 Å². The van der Waals surface area contributed by atoms with Gasteiger partial charge in [0.05, 0.1) is 13.7 Å². The summed E-state index contributed by atoms with van der Waals surface area (Å²) in [5.74, 6) is 1.09. The smallest absolute Gasteiger partial charge is 0.325 e. The SMILES string of the molecule is COc1ccc(C(C)=O)cc1CN1C(=O)N[C@@](C)(c2ccc3c(c2)OCO3)C1=O. The molecule has 8 nitrogen and oxygen atoms in total. The molecule has 0 aliphatic carbocycles. The normalized spacial score (nSPS) is 20.0. The van der Waals surface area contributed by atoms with Crippen LogP contribution in [0.2, 0.25) is 0 Å². The molecule has 0 radical (unpaired) electrons. The topological polar surface area (TPSA) is 94.2 Å². The molecule has 2 aromatic rings. The second kappa shape index (κ2) is 6.80. The fourth-order valence-corrected chi connectivity index (χ4v) is 3.54. The summed E-state index contributed by atoms with van der Waals surface area (Å²) in [4.78, 5) is 38.7. The number of nitrogens with zero attached hydrogens (tertiary/aromatic N) is 1. The molecule has 2 aliphatic heterocycles. The van der Waals surface area contributed by atoms with E-state index in [0.29, 0.717) is 33.9 Å². The standard InChI is InChI=1S/C21H20N2O6/c1-12(24)13-4-6-16(27-3)14(8-13)10-23-19(25)21(2,22-20(23)26)15-5-7-17-18(9-15)29-11-28-17/h4-9H,10-11H2,1-3H3,(H,22,26)/t21-/m0/s1. The van der Waals surface area contributed by atoms with Crippen LogP contribution in [0.4, 0.5) is 4.79 Å². The minimum Gasteiger partial charge on any atom is -0.496 e. The van der Waals surface area contributed by atoms with Gasteiger partial charge in [0.1, 0.15) is 11.3 Å². The van der Waals surface area contributed by atoms with Crippen molar-refractivity contribution >= 4 is 17.7 Å². The van der Waals surface area contributed by atoms with Gasteiger partial charge in [0.15, 0.2) is 17.3 Å². The molecule has 2 aliphatic rings. The molecule has 4 rings (SSSR count). The number of imide groups is 1. The fraction of sp³-hybridized carbons (Fsp3) is 0.286. The Balaban J connectivity index is 1.65. The van der Waals surface area contributed by atoms with Crippen molar-refractivity contribution in [2.75, 3.05) is 13.9 Å². The van der Waals surface area contributed by atoms with Crippen molar-refractivity contribution in [3.63, 3.8) is 0 Å². The van der Waals surface area contributed by atoms with E-state index in [9.17, 15) is 14.4 Å². The second-order valence-corrected chi connectivity index (χ2v) is 7.10. The molecule has 0 spiro atoms. The van der Waals surface area contributed by atoms with Crippen molar-refractivity contribution < 1.29 is 28.6 Å². The zero-order valence-electron chi connectivity index (χ0n) is 16.3. The molecule has 0 bridgehead atoms. The van der Waals surface area contributed by atoms with Crippen molar-refractivity contribution in [2.24, 2.45) is 0 Å². The molecule has 8 heteroatoms. The predicted octanol–water partition coefficient (Wildman–Crippen LogP) is 2.59. The number of ketones is 1. The van der Waals surface area contributed by atoms with Gasteiger partial charge in [-0.2, -0.15) is 0 Å². The first-order valence-electron chi connectivity index (χ1n) is 9.05. The van der Waals surface area contributed by atoms with Gasteiger partial charge in [-0.1, -0.05) is 6.07 Å². The van der Waals surface area contributed by atoms with Crippen molar-refractivity contribution in [3.8, 4) is 17.2 Å². The van der Waals surface area contributed by atoms with E-state index in [1.54, 1.807) is 43.3 Å². The van der Waals surface area contributed by atoms with Crippen LogP contribution in [0.5, 0.6) is 17.2 Å². The molecular formula is C21H20N2O6. The highest BCUT2D eigenvalue weighted by Gasteiger charge is 2.49. The quantitative estimate of drug-likeness (QED) is 0.617. The average molecular weight is 396 g/mol. The molecule has 29 heavy (non-hydrogen) atoms. The predicted molar refractivity (Wildman–Crippen MR) is 102 cm³/mol. The Hall–Kier alpha value is -3.55. The second-order valence-electron chi connectivity index (χ2n) is 7.10. The van der Waals surface area contributed by atoms with E-state index >= 15 is 0 Å². The molecule has 2 heterocycles. The Bertz CT molecular complexity index is 1030. The number of amides is 3.